The lowest BCUT2D eigenvalue weighted by atomic mass is 10.1. The first-order valence-corrected chi connectivity index (χ1v) is 8.78. The Kier molecular flexibility index (Phi) is 7.14. The number of carbonyl (C=O) groups excluding carboxylic acids is 3. The van der Waals surface area contributed by atoms with Crippen LogP contribution in [0.2, 0.25) is 0 Å². The van der Waals surface area contributed by atoms with E-state index in [0.29, 0.717) is 11.4 Å². The molecule has 0 aliphatic rings. The molecule has 0 bridgehead atoms. The highest BCUT2D eigenvalue weighted by molar-refractivity contribution is 6.02. The largest absolute Gasteiger partial charge is 0.482 e. The Morgan fingerprint density at radius 2 is 1.61 bits per heavy atom. The van der Waals surface area contributed by atoms with E-state index in [4.69, 9.17) is 9.47 Å². The molecule has 7 heteroatoms. The molecule has 0 heterocycles. The number of amides is 3. The number of esters is 1. The van der Waals surface area contributed by atoms with Gasteiger partial charge in [-0.05, 0) is 62.6 Å². The fourth-order valence-electron chi connectivity index (χ4n) is 2.40. The lowest BCUT2D eigenvalue weighted by Crippen LogP contribution is -2.37. The van der Waals surface area contributed by atoms with Crippen LogP contribution in [0.5, 0.6) is 5.75 Å². The van der Waals surface area contributed by atoms with Crippen LogP contribution in [0.4, 0.5) is 10.5 Å². The summed E-state index contributed by atoms with van der Waals surface area (Å²) in [5.41, 5.74) is 4.69. The van der Waals surface area contributed by atoms with Crippen LogP contribution in [-0.2, 0) is 14.3 Å². The van der Waals surface area contributed by atoms with Gasteiger partial charge in [0, 0.05) is 5.69 Å². The molecule has 28 heavy (non-hydrogen) atoms. The van der Waals surface area contributed by atoms with Crippen molar-refractivity contribution in [3.63, 3.8) is 0 Å². The molecule has 2 N–H and O–H groups in total. The third-order valence-corrected chi connectivity index (χ3v) is 4.08. The van der Waals surface area contributed by atoms with Crippen LogP contribution in [0.1, 0.15) is 22.3 Å². The fraction of sp³-hybridized carbons (Fsp3) is 0.286. The van der Waals surface area contributed by atoms with E-state index in [-0.39, 0.29) is 6.61 Å². The molecule has 3 amide bonds. The molecule has 2 aromatic carbocycles. The van der Waals surface area contributed by atoms with E-state index in [1.54, 1.807) is 12.1 Å². The van der Waals surface area contributed by atoms with Crippen molar-refractivity contribution in [2.45, 2.75) is 27.7 Å². The van der Waals surface area contributed by atoms with E-state index in [2.05, 4.69) is 10.6 Å². The number of ether oxygens (including phenoxy) is 2. The highest BCUT2D eigenvalue weighted by atomic mass is 16.6. The van der Waals surface area contributed by atoms with Gasteiger partial charge in [0.25, 0.3) is 5.91 Å². The maximum Gasteiger partial charge on any atom is 0.344 e. The number of benzene rings is 2. The zero-order valence-electron chi connectivity index (χ0n) is 16.4. The summed E-state index contributed by atoms with van der Waals surface area (Å²) in [4.78, 5) is 35.3. The monoisotopic (exact) mass is 384 g/mol. The highest BCUT2D eigenvalue weighted by Crippen LogP contribution is 2.16. The molecular weight excluding hydrogens is 360 g/mol. The molecule has 7 nitrogen and oxygen atoms in total. The van der Waals surface area contributed by atoms with Crippen LogP contribution in [0.25, 0.3) is 0 Å². The molecule has 148 valence electrons. The van der Waals surface area contributed by atoms with E-state index in [1.165, 1.54) is 0 Å². The van der Waals surface area contributed by atoms with Crippen molar-refractivity contribution in [3.05, 3.63) is 58.7 Å². The molecule has 0 aliphatic carbocycles. The zero-order chi connectivity index (χ0) is 20.7. The lowest BCUT2D eigenvalue weighted by Gasteiger charge is -2.10. The summed E-state index contributed by atoms with van der Waals surface area (Å²) in [5.74, 6) is -0.901. The average molecular weight is 384 g/mol. The smallest absolute Gasteiger partial charge is 0.344 e. The van der Waals surface area contributed by atoms with E-state index >= 15 is 0 Å². The lowest BCUT2D eigenvalue weighted by molar-refractivity contribution is -0.150. The molecule has 0 radical (unpaired) electrons. The summed E-state index contributed by atoms with van der Waals surface area (Å²) in [6.45, 7) is 6.80. The number of imide groups is 1. The highest BCUT2D eigenvalue weighted by Gasteiger charge is 2.12. The van der Waals surface area contributed by atoms with Gasteiger partial charge in [-0.1, -0.05) is 23.8 Å². The van der Waals surface area contributed by atoms with Gasteiger partial charge in [0.1, 0.15) is 5.75 Å². The second-order valence-electron chi connectivity index (χ2n) is 6.52. The maximum absolute atomic E-state index is 11.9. The van der Waals surface area contributed by atoms with Crippen molar-refractivity contribution < 1.29 is 23.9 Å². The molecule has 0 unspecified atom stereocenters. The van der Waals surface area contributed by atoms with Crippen molar-refractivity contribution in [1.29, 1.82) is 0 Å². The predicted molar refractivity (Wildman–Crippen MR) is 105 cm³/mol. The summed E-state index contributed by atoms with van der Waals surface area (Å²) in [6.07, 6.45) is 0. The average Bonchev–Trinajstić information content (AvgIpc) is 2.63. The molecule has 0 fully saturated rings. The molecule has 2 aromatic rings. The molecule has 0 saturated carbocycles. The molecule has 2 rings (SSSR count). The normalized spacial score (nSPS) is 10.1. The standard InChI is InChI=1S/C21H24N2O5/c1-13-5-8-18(16(4)9-13)22-21(26)23-19(24)11-28-20(25)12-27-17-7-6-14(2)15(3)10-17/h5-10H,11-12H2,1-4H3,(H2,22,23,24,26). The number of urea groups is 1. The van der Waals surface area contributed by atoms with Gasteiger partial charge < -0.3 is 14.8 Å². The summed E-state index contributed by atoms with van der Waals surface area (Å²) in [5, 5.41) is 4.68. The Hall–Kier alpha value is -3.35. The third-order valence-electron chi connectivity index (χ3n) is 4.08. The summed E-state index contributed by atoms with van der Waals surface area (Å²) in [6, 6.07) is 10.3. The van der Waals surface area contributed by atoms with Crippen molar-refractivity contribution in [2.24, 2.45) is 0 Å². The first-order chi connectivity index (χ1) is 13.2. The second-order valence-corrected chi connectivity index (χ2v) is 6.52. The van der Waals surface area contributed by atoms with E-state index in [9.17, 15) is 14.4 Å². The van der Waals surface area contributed by atoms with Gasteiger partial charge in [-0.25, -0.2) is 9.59 Å². The zero-order valence-corrected chi connectivity index (χ0v) is 16.4. The van der Waals surface area contributed by atoms with Gasteiger partial charge in [-0.15, -0.1) is 0 Å². The SMILES string of the molecule is Cc1ccc(NC(=O)NC(=O)COC(=O)COc2ccc(C)c(C)c2)c(C)c1. The van der Waals surface area contributed by atoms with Crippen molar-refractivity contribution in [1.82, 2.24) is 5.32 Å². The first kappa shape index (κ1) is 21.0. The number of hydrogen-bond acceptors (Lipinski definition) is 5. The van der Waals surface area contributed by atoms with Gasteiger partial charge in [0.15, 0.2) is 13.2 Å². The van der Waals surface area contributed by atoms with Crippen LogP contribution in [0.3, 0.4) is 0 Å². The molecule has 0 saturated heterocycles. The van der Waals surface area contributed by atoms with Gasteiger partial charge >= 0.3 is 12.0 Å². The Morgan fingerprint density at radius 1 is 0.857 bits per heavy atom. The van der Waals surface area contributed by atoms with Gasteiger partial charge in [-0.3, -0.25) is 10.1 Å². The van der Waals surface area contributed by atoms with Crippen LogP contribution >= 0.6 is 0 Å². The van der Waals surface area contributed by atoms with Crippen LogP contribution in [0.15, 0.2) is 36.4 Å². The summed E-state index contributed by atoms with van der Waals surface area (Å²) >= 11 is 0. The van der Waals surface area contributed by atoms with Crippen molar-refractivity contribution >= 4 is 23.6 Å². The Balaban J connectivity index is 1.72. The third kappa shape index (κ3) is 6.42. The Labute approximate surface area is 164 Å². The van der Waals surface area contributed by atoms with Crippen LogP contribution in [0, 0.1) is 27.7 Å². The minimum atomic E-state index is -0.734. The number of anilines is 1. The second kappa shape index (κ2) is 9.55. The fourth-order valence-corrected chi connectivity index (χ4v) is 2.40. The summed E-state index contributed by atoms with van der Waals surface area (Å²) in [7, 11) is 0. The van der Waals surface area contributed by atoms with Gasteiger partial charge in [0.2, 0.25) is 0 Å². The van der Waals surface area contributed by atoms with E-state index < -0.39 is 24.5 Å². The molecule has 0 spiro atoms. The number of nitrogens with one attached hydrogen (secondary N) is 2. The van der Waals surface area contributed by atoms with Gasteiger partial charge in [0.05, 0.1) is 0 Å². The van der Waals surface area contributed by atoms with E-state index in [1.807, 2.05) is 52.0 Å². The number of rotatable bonds is 6. The maximum atomic E-state index is 11.9. The Bertz CT molecular complexity index is 892. The van der Waals surface area contributed by atoms with Crippen molar-refractivity contribution in [2.75, 3.05) is 18.5 Å². The number of aryl methyl sites for hydroxylation is 4. The molecule has 0 aliphatic heterocycles. The minimum Gasteiger partial charge on any atom is -0.482 e. The van der Waals surface area contributed by atoms with E-state index in [0.717, 1.165) is 22.3 Å². The number of carbonyl (C=O) groups is 3. The predicted octanol–water partition coefficient (Wildman–Crippen LogP) is 3.19. The van der Waals surface area contributed by atoms with Gasteiger partial charge in [-0.2, -0.15) is 0 Å². The minimum absolute atomic E-state index is 0.329. The van der Waals surface area contributed by atoms with Crippen molar-refractivity contribution in [3.8, 4) is 5.75 Å². The quantitative estimate of drug-likeness (QED) is 0.746. The topological polar surface area (TPSA) is 93.7 Å². The summed E-state index contributed by atoms with van der Waals surface area (Å²) < 4.78 is 10.1. The molecule has 0 atom stereocenters. The van der Waals surface area contributed by atoms with Crippen LogP contribution < -0.4 is 15.4 Å². The molecular formula is C21H24N2O5. The molecule has 0 aromatic heterocycles. The Morgan fingerprint density at radius 3 is 2.29 bits per heavy atom. The first-order valence-electron chi connectivity index (χ1n) is 8.78. The van der Waals surface area contributed by atoms with Crippen LogP contribution in [-0.4, -0.2) is 31.1 Å². The number of hydrogen-bond donors (Lipinski definition) is 2.